The Balaban J connectivity index is 1.38. The van der Waals surface area contributed by atoms with E-state index in [0.29, 0.717) is 0 Å². The lowest BCUT2D eigenvalue weighted by Crippen LogP contribution is -2.35. The maximum atomic E-state index is 14.9. The van der Waals surface area contributed by atoms with Crippen molar-refractivity contribution in [1.82, 2.24) is 0 Å². The van der Waals surface area contributed by atoms with Gasteiger partial charge in [-0.3, -0.25) is 0 Å². The van der Waals surface area contributed by atoms with Crippen LogP contribution in [-0.4, -0.2) is 0 Å². The molecule has 5 atom stereocenters. The molecule has 3 aliphatic rings. The van der Waals surface area contributed by atoms with E-state index in [9.17, 15) is 4.39 Å². The van der Waals surface area contributed by atoms with E-state index in [1.807, 2.05) is 6.08 Å². The SMILES string of the molecule is C=CCCc1cc(F)c2c(c1)CCC(C1CCC3CC(CCC)CCC3C1)C2. The van der Waals surface area contributed by atoms with Gasteiger partial charge in [0.05, 0.1) is 0 Å². The van der Waals surface area contributed by atoms with E-state index >= 15 is 0 Å². The molecule has 0 spiro atoms. The standard InChI is InChI=1S/C27H39F/c1-3-5-7-20-15-25-13-12-24(18-26(25)27(28)16-20)23-11-10-21-14-19(6-4-2)8-9-22(21)17-23/h3,15-16,19,21-24H,1,4-14,17-18H2,2H3. The average molecular weight is 383 g/mol. The summed E-state index contributed by atoms with van der Waals surface area (Å²) in [5, 5.41) is 0. The Morgan fingerprint density at radius 1 is 1.00 bits per heavy atom. The molecule has 0 nitrogen and oxygen atoms in total. The summed E-state index contributed by atoms with van der Waals surface area (Å²) in [5.74, 6) is 4.61. The Hall–Kier alpha value is -1.11. The van der Waals surface area contributed by atoms with E-state index in [-0.39, 0.29) is 5.82 Å². The molecule has 0 saturated heterocycles. The minimum Gasteiger partial charge on any atom is -0.207 e. The van der Waals surface area contributed by atoms with Crippen molar-refractivity contribution in [2.75, 3.05) is 0 Å². The van der Waals surface area contributed by atoms with Crippen molar-refractivity contribution >= 4 is 0 Å². The van der Waals surface area contributed by atoms with Crippen molar-refractivity contribution in [1.29, 1.82) is 0 Å². The van der Waals surface area contributed by atoms with E-state index in [1.165, 1.54) is 63.4 Å². The van der Waals surface area contributed by atoms with Gasteiger partial charge >= 0.3 is 0 Å². The molecule has 0 bridgehead atoms. The first-order valence-corrected chi connectivity index (χ1v) is 12.1. The van der Waals surface area contributed by atoms with Gasteiger partial charge in [-0.25, -0.2) is 4.39 Å². The normalized spacial score (nSPS) is 32.4. The number of benzene rings is 1. The first-order valence-electron chi connectivity index (χ1n) is 12.1. The summed E-state index contributed by atoms with van der Waals surface area (Å²) in [5.41, 5.74) is 3.50. The lowest BCUT2D eigenvalue weighted by Gasteiger charge is -2.45. The van der Waals surface area contributed by atoms with Gasteiger partial charge in [-0.1, -0.05) is 38.3 Å². The molecule has 2 saturated carbocycles. The fourth-order valence-electron chi connectivity index (χ4n) is 6.85. The molecule has 1 aromatic carbocycles. The highest BCUT2D eigenvalue weighted by Crippen LogP contribution is 2.49. The highest BCUT2D eigenvalue weighted by molar-refractivity contribution is 5.36. The minimum absolute atomic E-state index is 0.0648. The van der Waals surface area contributed by atoms with Gasteiger partial charge in [0.25, 0.3) is 0 Å². The topological polar surface area (TPSA) is 0 Å². The van der Waals surface area contributed by atoms with E-state index in [4.69, 9.17) is 0 Å². The summed E-state index contributed by atoms with van der Waals surface area (Å²) in [6.45, 7) is 6.13. The second-order valence-electron chi connectivity index (χ2n) is 10.1. The molecule has 2 fully saturated rings. The first-order chi connectivity index (χ1) is 13.7. The van der Waals surface area contributed by atoms with Crippen LogP contribution in [0.4, 0.5) is 4.39 Å². The number of allylic oxidation sites excluding steroid dienone is 1. The van der Waals surface area contributed by atoms with E-state index in [0.717, 1.165) is 66.4 Å². The quantitative estimate of drug-likeness (QED) is 0.442. The van der Waals surface area contributed by atoms with Gasteiger partial charge in [0.1, 0.15) is 5.82 Å². The predicted molar refractivity (Wildman–Crippen MR) is 117 cm³/mol. The van der Waals surface area contributed by atoms with Crippen molar-refractivity contribution in [3.8, 4) is 0 Å². The Kier molecular flexibility index (Phi) is 6.59. The largest absolute Gasteiger partial charge is 0.207 e. The van der Waals surface area contributed by atoms with Crippen molar-refractivity contribution in [2.45, 2.75) is 90.4 Å². The lowest BCUT2D eigenvalue weighted by atomic mass is 9.61. The maximum Gasteiger partial charge on any atom is 0.126 e. The number of aryl methyl sites for hydroxylation is 2. The van der Waals surface area contributed by atoms with E-state index in [1.54, 1.807) is 6.07 Å². The molecule has 0 radical (unpaired) electrons. The van der Waals surface area contributed by atoms with Crippen molar-refractivity contribution < 1.29 is 4.39 Å². The van der Waals surface area contributed by atoms with Gasteiger partial charge in [0, 0.05) is 0 Å². The molecule has 0 aliphatic heterocycles. The Morgan fingerprint density at radius 2 is 1.75 bits per heavy atom. The Labute approximate surface area is 172 Å². The molecule has 3 aliphatic carbocycles. The third-order valence-corrected chi connectivity index (χ3v) is 8.36. The van der Waals surface area contributed by atoms with Gasteiger partial charge in [0.15, 0.2) is 0 Å². The van der Waals surface area contributed by atoms with Crippen LogP contribution in [-0.2, 0) is 19.3 Å². The van der Waals surface area contributed by atoms with Gasteiger partial charge in [-0.05, 0) is 117 Å². The zero-order valence-corrected chi connectivity index (χ0v) is 17.9. The molecule has 1 aromatic rings. The summed E-state index contributed by atoms with van der Waals surface area (Å²) in [4.78, 5) is 0. The van der Waals surface area contributed by atoms with Gasteiger partial charge in [-0.15, -0.1) is 6.58 Å². The lowest BCUT2D eigenvalue weighted by molar-refractivity contribution is 0.0692. The number of hydrogen-bond donors (Lipinski definition) is 0. The zero-order chi connectivity index (χ0) is 19.5. The van der Waals surface area contributed by atoms with Crippen molar-refractivity contribution in [2.24, 2.45) is 29.6 Å². The maximum absolute atomic E-state index is 14.9. The molecule has 1 heteroatoms. The molecule has 4 rings (SSSR count). The van der Waals surface area contributed by atoms with Gasteiger partial charge < -0.3 is 0 Å². The molecular weight excluding hydrogens is 343 g/mol. The molecule has 154 valence electrons. The summed E-state index contributed by atoms with van der Waals surface area (Å²) >= 11 is 0. The van der Waals surface area contributed by atoms with Crippen molar-refractivity contribution in [3.05, 3.63) is 47.3 Å². The minimum atomic E-state index is 0.0648. The number of fused-ring (bicyclic) bond motifs is 2. The molecule has 0 N–H and O–H groups in total. The number of rotatable bonds is 6. The van der Waals surface area contributed by atoms with Gasteiger partial charge in [0.2, 0.25) is 0 Å². The van der Waals surface area contributed by atoms with Gasteiger partial charge in [-0.2, -0.15) is 0 Å². The first kappa shape index (κ1) is 20.2. The van der Waals surface area contributed by atoms with E-state index < -0.39 is 0 Å². The predicted octanol–water partition coefficient (Wildman–Crippen LogP) is 7.68. The second kappa shape index (κ2) is 9.14. The highest BCUT2D eigenvalue weighted by atomic mass is 19.1. The Bertz CT molecular complexity index is 675. The van der Waals surface area contributed by atoms with Crippen LogP contribution in [0.25, 0.3) is 0 Å². The Morgan fingerprint density at radius 3 is 2.54 bits per heavy atom. The summed E-state index contributed by atoms with van der Waals surface area (Å²) in [7, 11) is 0. The van der Waals surface area contributed by atoms with Crippen LogP contribution in [0.2, 0.25) is 0 Å². The molecular formula is C27H39F. The van der Waals surface area contributed by atoms with Crippen LogP contribution in [0.3, 0.4) is 0 Å². The van der Waals surface area contributed by atoms with Crippen LogP contribution in [0.15, 0.2) is 24.8 Å². The van der Waals surface area contributed by atoms with Crippen molar-refractivity contribution in [3.63, 3.8) is 0 Å². The van der Waals surface area contributed by atoms with Crippen LogP contribution in [0, 0.1) is 35.4 Å². The van der Waals surface area contributed by atoms with Crippen LogP contribution in [0.1, 0.15) is 87.8 Å². The molecule has 0 heterocycles. The summed E-state index contributed by atoms with van der Waals surface area (Å²) in [6.07, 6.45) is 18.7. The van der Waals surface area contributed by atoms with E-state index in [2.05, 4.69) is 19.6 Å². The summed E-state index contributed by atoms with van der Waals surface area (Å²) in [6, 6.07) is 4.08. The summed E-state index contributed by atoms with van der Waals surface area (Å²) < 4.78 is 14.9. The second-order valence-corrected chi connectivity index (χ2v) is 10.1. The van der Waals surface area contributed by atoms with Crippen LogP contribution < -0.4 is 0 Å². The monoisotopic (exact) mass is 382 g/mol. The highest BCUT2D eigenvalue weighted by Gasteiger charge is 2.38. The number of halogens is 1. The zero-order valence-electron chi connectivity index (χ0n) is 17.9. The molecule has 0 amide bonds. The molecule has 0 aromatic heterocycles. The molecule has 28 heavy (non-hydrogen) atoms. The fraction of sp³-hybridized carbons (Fsp3) is 0.704. The third kappa shape index (κ3) is 4.39. The average Bonchev–Trinajstić information content (AvgIpc) is 2.72. The number of hydrogen-bond acceptors (Lipinski definition) is 0. The van der Waals surface area contributed by atoms with Crippen LogP contribution >= 0.6 is 0 Å². The fourth-order valence-corrected chi connectivity index (χ4v) is 6.85. The smallest absolute Gasteiger partial charge is 0.126 e. The third-order valence-electron chi connectivity index (χ3n) is 8.36. The van der Waals surface area contributed by atoms with Crippen LogP contribution in [0.5, 0.6) is 0 Å². The molecule has 5 unspecified atom stereocenters.